The van der Waals surface area contributed by atoms with Crippen LogP contribution in [0.2, 0.25) is 0 Å². The predicted octanol–water partition coefficient (Wildman–Crippen LogP) is 2.93. The summed E-state index contributed by atoms with van der Waals surface area (Å²) in [5.41, 5.74) is 2.16. The van der Waals surface area contributed by atoms with E-state index in [0.29, 0.717) is 47.4 Å². The van der Waals surface area contributed by atoms with Gasteiger partial charge in [0.2, 0.25) is 5.88 Å². The van der Waals surface area contributed by atoms with Gasteiger partial charge in [0.1, 0.15) is 5.82 Å². The van der Waals surface area contributed by atoms with Crippen molar-refractivity contribution >= 4 is 11.2 Å². The minimum Gasteiger partial charge on any atom is -0.477 e. The second kappa shape index (κ2) is 10.3. The zero-order valence-electron chi connectivity index (χ0n) is 21.4. The number of hydrogen-bond acceptors (Lipinski definition) is 7. The van der Waals surface area contributed by atoms with Gasteiger partial charge >= 0.3 is 5.69 Å². The number of aliphatic hydroxyl groups is 1. The van der Waals surface area contributed by atoms with Crippen LogP contribution in [0.3, 0.4) is 0 Å². The number of nitrogens with zero attached hydrogens (tertiary/aromatic N) is 6. The molecule has 1 fully saturated rings. The molecule has 5 rings (SSSR count). The molecule has 1 saturated carbocycles. The predicted molar refractivity (Wildman–Crippen MR) is 140 cm³/mol. The third-order valence-corrected chi connectivity index (χ3v) is 6.58. The first kappa shape index (κ1) is 24.9. The molecule has 1 aliphatic carbocycles. The van der Waals surface area contributed by atoms with Crippen molar-refractivity contribution in [2.24, 2.45) is 5.92 Å². The number of hydrogen-bond donors (Lipinski definition) is 1. The van der Waals surface area contributed by atoms with Crippen molar-refractivity contribution in [2.45, 2.75) is 59.2 Å². The Kier molecular flexibility index (Phi) is 6.92. The average molecular weight is 505 g/mol. The van der Waals surface area contributed by atoms with E-state index in [1.54, 1.807) is 12.4 Å². The summed E-state index contributed by atoms with van der Waals surface area (Å²) < 4.78 is 10.6. The van der Waals surface area contributed by atoms with Gasteiger partial charge < -0.3 is 14.4 Å². The Bertz CT molecular complexity index is 1530. The highest BCUT2D eigenvalue weighted by Gasteiger charge is 2.27. The normalized spacial score (nSPS) is 13.5. The number of aliphatic hydroxyl groups excluding tert-OH is 1. The van der Waals surface area contributed by atoms with Crippen molar-refractivity contribution in [1.29, 1.82) is 0 Å². The maximum Gasteiger partial charge on any atom is 0.332 e. The van der Waals surface area contributed by atoms with Gasteiger partial charge in [-0.3, -0.25) is 18.9 Å². The molecule has 1 aliphatic rings. The number of fused-ring (bicyclic) bond motifs is 1. The van der Waals surface area contributed by atoms with Crippen molar-refractivity contribution in [1.82, 2.24) is 28.7 Å². The largest absolute Gasteiger partial charge is 0.477 e. The van der Waals surface area contributed by atoms with Crippen LogP contribution in [0.25, 0.3) is 22.6 Å². The van der Waals surface area contributed by atoms with Gasteiger partial charge in [-0.05, 0) is 69.7 Å². The molecule has 4 heterocycles. The molecule has 0 aromatic carbocycles. The van der Waals surface area contributed by atoms with Gasteiger partial charge in [-0.15, -0.1) is 0 Å². The fourth-order valence-corrected chi connectivity index (χ4v) is 4.42. The van der Waals surface area contributed by atoms with Crippen LogP contribution in [-0.4, -0.2) is 47.0 Å². The lowest BCUT2D eigenvalue weighted by Gasteiger charge is -2.15. The highest BCUT2D eigenvalue weighted by molar-refractivity contribution is 5.78. The zero-order valence-corrected chi connectivity index (χ0v) is 21.4. The first-order valence-corrected chi connectivity index (χ1v) is 12.7. The molecular weight excluding hydrogens is 472 g/mol. The zero-order chi connectivity index (χ0) is 26.1. The van der Waals surface area contributed by atoms with E-state index in [0.717, 1.165) is 24.1 Å². The van der Waals surface area contributed by atoms with E-state index < -0.39 is 11.2 Å². The number of aromatic nitrogens is 6. The number of ether oxygens (including phenoxy) is 1. The molecule has 0 radical (unpaired) electrons. The summed E-state index contributed by atoms with van der Waals surface area (Å²) in [7, 11) is 0. The highest BCUT2D eigenvalue weighted by Crippen LogP contribution is 2.33. The quantitative estimate of drug-likeness (QED) is 0.353. The lowest BCUT2D eigenvalue weighted by atomic mass is 10.2. The fraction of sp³-hybridized carbons (Fsp3) is 0.444. The van der Waals surface area contributed by atoms with Crippen molar-refractivity contribution in [2.75, 3.05) is 13.2 Å². The maximum atomic E-state index is 13.8. The number of rotatable bonds is 10. The van der Waals surface area contributed by atoms with Crippen LogP contribution in [0.1, 0.15) is 50.4 Å². The molecule has 4 aromatic rings. The molecule has 0 atom stereocenters. The lowest BCUT2D eigenvalue weighted by molar-refractivity contribution is 0.277. The van der Waals surface area contributed by atoms with E-state index in [4.69, 9.17) is 9.72 Å². The maximum absolute atomic E-state index is 13.8. The molecule has 0 spiro atoms. The molecule has 4 aromatic heterocycles. The van der Waals surface area contributed by atoms with Crippen molar-refractivity contribution in [3.05, 3.63) is 68.8 Å². The Labute approximate surface area is 214 Å². The summed E-state index contributed by atoms with van der Waals surface area (Å²) in [6.45, 7) is 6.58. The Morgan fingerprint density at radius 3 is 2.62 bits per heavy atom. The molecule has 194 valence electrons. The Balaban J connectivity index is 1.78. The van der Waals surface area contributed by atoms with Crippen LogP contribution in [0.15, 0.2) is 46.2 Å². The Morgan fingerprint density at radius 2 is 1.95 bits per heavy atom. The van der Waals surface area contributed by atoms with E-state index in [2.05, 4.69) is 9.97 Å². The van der Waals surface area contributed by atoms with Gasteiger partial charge in [0.05, 0.1) is 24.4 Å². The van der Waals surface area contributed by atoms with E-state index >= 15 is 0 Å². The average Bonchev–Trinajstić information content (AvgIpc) is 3.64. The van der Waals surface area contributed by atoms with Gasteiger partial charge in [-0.1, -0.05) is 6.07 Å². The van der Waals surface area contributed by atoms with Crippen molar-refractivity contribution in [3.8, 4) is 17.3 Å². The topological polar surface area (TPSA) is 117 Å². The Hall–Kier alpha value is -3.79. The van der Waals surface area contributed by atoms with E-state index in [9.17, 15) is 14.7 Å². The van der Waals surface area contributed by atoms with Crippen molar-refractivity contribution in [3.63, 3.8) is 0 Å². The summed E-state index contributed by atoms with van der Waals surface area (Å²) in [6.07, 6.45) is 6.04. The highest BCUT2D eigenvalue weighted by atomic mass is 16.5. The number of imidazole rings is 1. The van der Waals surface area contributed by atoms with E-state index in [-0.39, 0.29) is 25.7 Å². The molecule has 1 N–H and O–H groups in total. The van der Waals surface area contributed by atoms with Gasteiger partial charge in [0.25, 0.3) is 5.56 Å². The summed E-state index contributed by atoms with van der Waals surface area (Å²) >= 11 is 0. The van der Waals surface area contributed by atoms with E-state index in [1.807, 2.05) is 49.6 Å². The summed E-state index contributed by atoms with van der Waals surface area (Å²) in [5, 5.41) is 9.38. The first-order chi connectivity index (χ1) is 17.9. The molecule has 0 saturated heterocycles. The second-order valence-electron chi connectivity index (χ2n) is 9.91. The molecule has 37 heavy (non-hydrogen) atoms. The summed E-state index contributed by atoms with van der Waals surface area (Å²) in [4.78, 5) is 41.1. The van der Waals surface area contributed by atoms with E-state index in [1.165, 1.54) is 9.13 Å². The van der Waals surface area contributed by atoms with Gasteiger partial charge in [-0.2, -0.15) is 0 Å². The third-order valence-electron chi connectivity index (χ3n) is 6.58. The van der Waals surface area contributed by atoms with Crippen LogP contribution in [0, 0.1) is 12.8 Å². The smallest absolute Gasteiger partial charge is 0.332 e. The fourth-order valence-electron chi connectivity index (χ4n) is 4.42. The van der Waals surface area contributed by atoms with Crippen LogP contribution in [-0.2, 0) is 13.1 Å². The lowest BCUT2D eigenvalue weighted by Crippen LogP contribution is -2.41. The summed E-state index contributed by atoms with van der Waals surface area (Å²) in [5.74, 6) is 1.47. The standard InChI is InChI=1S/C27H32N6O4/c1-17(2)33-24-22(26(35)31(27(33)36)12-5-13-34)32(15-20-10-7-18(3)14-29-20)23(30-24)21-6-4-11-28-25(21)37-16-19-8-9-19/h4,6-7,10-11,14,17,19,34H,5,8-9,12-13,15-16H2,1-3H3. The molecule has 10 nitrogen and oxygen atoms in total. The first-order valence-electron chi connectivity index (χ1n) is 12.7. The van der Waals surface area contributed by atoms with Crippen LogP contribution in [0.5, 0.6) is 5.88 Å². The van der Waals surface area contributed by atoms with Crippen molar-refractivity contribution < 1.29 is 9.84 Å². The van der Waals surface area contributed by atoms with Crippen LogP contribution in [0.4, 0.5) is 0 Å². The molecule has 10 heteroatoms. The van der Waals surface area contributed by atoms with Gasteiger partial charge in [0, 0.05) is 31.6 Å². The second-order valence-corrected chi connectivity index (χ2v) is 9.91. The minimum atomic E-state index is -0.444. The summed E-state index contributed by atoms with van der Waals surface area (Å²) in [6, 6.07) is 7.32. The number of aryl methyl sites for hydroxylation is 1. The SMILES string of the molecule is Cc1ccc(Cn2c(-c3cccnc3OCC3CC3)nc3c2c(=O)n(CCCO)c(=O)n3C(C)C)nc1. The molecule has 0 bridgehead atoms. The van der Waals surface area contributed by atoms with Crippen LogP contribution < -0.4 is 16.0 Å². The van der Waals surface area contributed by atoms with Gasteiger partial charge in [0.15, 0.2) is 11.2 Å². The number of pyridine rings is 2. The van der Waals surface area contributed by atoms with Crippen LogP contribution >= 0.6 is 0 Å². The Morgan fingerprint density at radius 1 is 1.14 bits per heavy atom. The monoisotopic (exact) mass is 504 g/mol. The third kappa shape index (κ3) is 4.93. The molecule has 0 unspecified atom stereocenters. The molecular formula is C27H32N6O4. The molecule has 0 amide bonds. The van der Waals surface area contributed by atoms with Gasteiger partial charge in [-0.25, -0.2) is 14.8 Å². The molecule has 0 aliphatic heterocycles. The minimum absolute atomic E-state index is 0.114.